The second-order valence-corrected chi connectivity index (χ2v) is 4.33. The van der Waals surface area contributed by atoms with E-state index in [1.807, 2.05) is 18.2 Å². The number of rotatable bonds is 8. The van der Waals surface area contributed by atoms with Gasteiger partial charge >= 0.3 is 5.97 Å². The Balaban J connectivity index is 2.10. The van der Waals surface area contributed by atoms with Crippen molar-refractivity contribution < 1.29 is 19.4 Å². The first-order chi connectivity index (χ1) is 9.09. The van der Waals surface area contributed by atoms with Crippen LogP contribution in [-0.2, 0) is 9.59 Å². The van der Waals surface area contributed by atoms with Crippen LogP contribution in [0.1, 0.15) is 19.8 Å². The van der Waals surface area contributed by atoms with Crippen LogP contribution in [0.15, 0.2) is 30.3 Å². The van der Waals surface area contributed by atoms with Crippen molar-refractivity contribution in [3.8, 4) is 5.75 Å². The van der Waals surface area contributed by atoms with Gasteiger partial charge in [-0.1, -0.05) is 25.1 Å². The average Bonchev–Trinajstić information content (AvgIpc) is 2.42. The first-order valence-corrected chi connectivity index (χ1v) is 6.27. The van der Waals surface area contributed by atoms with Gasteiger partial charge in [-0.2, -0.15) is 0 Å². The van der Waals surface area contributed by atoms with Crippen LogP contribution in [0.5, 0.6) is 5.75 Å². The van der Waals surface area contributed by atoms with Crippen molar-refractivity contribution in [2.75, 3.05) is 13.2 Å². The van der Waals surface area contributed by atoms with Crippen LogP contribution in [0.4, 0.5) is 0 Å². The van der Waals surface area contributed by atoms with Gasteiger partial charge in [0, 0.05) is 6.54 Å². The van der Waals surface area contributed by atoms with Gasteiger partial charge in [0.1, 0.15) is 5.75 Å². The Bertz CT molecular complexity index is 405. The van der Waals surface area contributed by atoms with E-state index in [2.05, 4.69) is 5.32 Å². The quantitative estimate of drug-likeness (QED) is 0.701. The van der Waals surface area contributed by atoms with E-state index in [0.717, 1.165) is 0 Å². The molecule has 0 aliphatic heterocycles. The number of carbonyl (C=O) groups excluding carboxylic acids is 1. The molecule has 5 nitrogen and oxygen atoms in total. The van der Waals surface area contributed by atoms with Gasteiger partial charge in [0.15, 0.2) is 6.61 Å². The molecule has 2 N–H and O–H groups in total. The molecule has 1 atom stereocenters. The molecular formula is C14H19NO4. The van der Waals surface area contributed by atoms with E-state index < -0.39 is 5.97 Å². The Morgan fingerprint density at radius 2 is 2.00 bits per heavy atom. The van der Waals surface area contributed by atoms with Crippen molar-refractivity contribution in [1.82, 2.24) is 5.32 Å². The van der Waals surface area contributed by atoms with Crippen molar-refractivity contribution in [2.24, 2.45) is 5.92 Å². The van der Waals surface area contributed by atoms with Gasteiger partial charge < -0.3 is 15.2 Å². The molecule has 0 spiro atoms. The second kappa shape index (κ2) is 8.13. The fourth-order valence-electron chi connectivity index (χ4n) is 1.48. The highest BCUT2D eigenvalue weighted by Crippen LogP contribution is 2.07. The number of hydrogen-bond donors (Lipinski definition) is 2. The number of hydrogen-bond acceptors (Lipinski definition) is 3. The summed E-state index contributed by atoms with van der Waals surface area (Å²) in [5.74, 6) is -0.736. The molecule has 0 bridgehead atoms. The molecule has 0 saturated heterocycles. The summed E-state index contributed by atoms with van der Waals surface area (Å²) in [6, 6.07) is 9.10. The van der Waals surface area contributed by atoms with Gasteiger partial charge in [-0.05, 0) is 25.0 Å². The van der Waals surface area contributed by atoms with Gasteiger partial charge in [0.2, 0.25) is 0 Å². The van der Waals surface area contributed by atoms with Crippen LogP contribution >= 0.6 is 0 Å². The Hall–Kier alpha value is -2.04. The minimum absolute atomic E-state index is 0.0293. The highest BCUT2D eigenvalue weighted by molar-refractivity contribution is 5.77. The summed E-state index contributed by atoms with van der Waals surface area (Å²) in [5.41, 5.74) is 0. The SMILES string of the molecule is CC(CCCNC(=O)COc1ccccc1)C(=O)O. The van der Waals surface area contributed by atoms with E-state index >= 15 is 0 Å². The van der Waals surface area contributed by atoms with Crippen molar-refractivity contribution in [3.05, 3.63) is 30.3 Å². The summed E-state index contributed by atoms with van der Waals surface area (Å²) in [6.07, 6.45) is 1.19. The summed E-state index contributed by atoms with van der Waals surface area (Å²) in [4.78, 5) is 22.0. The third-order valence-corrected chi connectivity index (χ3v) is 2.67. The highest BCUT2D eigenvalue weighted by Gasteiger charge is 2.10. The van der Waals surface area contributed by atoms with E-state index in [1.54, 1.807) is 19.1 Å². The van der Waals surface area contributed by atoms with Crippen molar-refractivity contribution in [3.63, 3.8) is 0 Å². The smallest absolute Gasteiger partial charge is 0.306 e. The first kappa shape index (κ1) is 15.0. The molecule has 0 fully saturated rings. The lowest BCUT2D eigenvalue weighted by atomic mass is 10.1. The lowest BCUT2D eigenvalue weighted by molar-refractivity contribution is -0.141. The zero-order valence-corrected chi connectivity index (χ0v) is 11.0. The van der Waals surface area contributed by atoms with Gasteiger partial charge in [0.25, 0.3) is 5.91 Å². The van der Waals surface area contributed by atoms with Gasteiger partial charge in [-0.15, -0.1) is 0 Å². The molecule has 0 saturated carbocycles. The van der Waals surface area contributed by atoms with E-state index in [1.165, 1.54) is 0 Å². The maximum absolute atomic E-state index is 11.4. The van der Waals surface area contributed by atoms with E-state index in [-0.39, 0.29) is 18.4 Å². The summed E-state index contributed by atoms with van der Waals surface area (Å²) >= 11 is 0. The summed E-state index contributed by atoms with van der Waals surface area (Å²) < 4.78 is 5.28. The molecule has 0 aliphatic rings. The predicted molar refractivity (Wildman–Crippen MR) is 71.0 cm³/mol. The molecule has 1 aromatic carbocycles. The average molecular weight is 265 g/mol. The number of aliphatic carboxylic acids is 1. The Morgan fingerprint density at radius 1 is 1.32 bits per heavy atom. The van der Waals surface area contributed by atoms with Gasteiger partial charge in [0.05, 0.1) is 5.92 Å². The zero-order valence-electron chi connectivity index (χ0n) is 11.0. The fourth-order valence-corrected chi connectivity index (χ4v) is 1.48. The number of para-hydroxylation sites is 1. The maximum Gasteiger partial charge on any atom is 0.306 e. The molecule has 0 aliphatic carbocycles. The van der Waals surface area contributed by atoms with Crippen LogP contribution in [0, 0.1) is 5.92 Å². The molecule has 104 valence electrons. The summed E-state index contributed by atoms with van der Waals surface area (Å²) in [7, 11) is 0. The van der Waals surface area contributed by atoms with E-state index in [4.69, 9.17) is 9.84 Å². The van der Waals surface area contributed by atoms with Crippen molar-refractivity contribution >= 4 is 11.9 Å². The molecule has 0 radical (unpaired) electrons. The number of carboxylic acid groups (broad SMARTS) is 1. The molecule has 0 heterocycles. The van der Waals surface area contributed by atoms with Gasteiger partial charge in [-0.3, -0.25) is 9.59 Å². The first-order valence-electron chi connectivity index (χ1n) is 6.27. The third kappa shape index (κ3) is 6.45. The van der Waals surface area contributed by atoms with Gasteiger partial charge in [-0.25, -0.2) is 0 Å². The van der Waals surface area contributed by atoms with Crippen LogP contribution in [0.3, 0.4) is 0 Å². The highest BCUT2D eigenvalue weighted by atomic mass is 16.5. The normalized spacial score (nSPS) is 11.6. The lowest BCUT2D eigenvalue weighted by Crippen LogP contribution is -2.30. The Kier molecular flexibility index (Phi) is 6.43. The topological polar surface area (TPSA) is 75.6 Å². The third-order valence-electron chi connectivity index (χ3n) is 2.67. The van der Waals surface area contributed by atoms with Crippen LogP contribution in [-0.4, -0.2) is 30.1 Å². The molecule has 5 heteroatoms. The number of carboxylic acids is 1. The standard InChI is InChI=1S/C14H19NO4/c1-11(14(17)18)6-5-9-15-13(16)10-19-12-7-3-2-4-8-12/h2-4,7-8,11H,5-6,9-10H2,1H3,(H,15,16)(H,17,18). The summed E-state index contributed by atoms with van der Waals surface area (Å²) in [5, 5.41) is 11.4. The lowest BCUT2D eigenvalue weighted by Gasteiger charge is -2.08. The van der Waals surface area contributed by atoms with Crippen molar-refractivity contribution in [2.45, 2.75) is 19.8 Å². The number of carbonyl (C=O) groups is 2. The Morgan fingerprint density at radius 3 is 2.63 bits per heavy atom. The Labute approximate surface area is 112 Å². The van der Waals surface area contributed by atoms with Crippen LogP contribution < -0.4 is 10.1 Å². The molecule has 1 amide bonds. The van der Waals surface area contributed by atoms with E-state index in [9.17, 15) is 9.59 Å². The molecule has 0 aromatic heterocycles. The van der Waals surface area contributed by atoms with Crippen molar-refractivity contribution in [1.29, 1.82) is 0 Å². The predicted octanol–water partition coefficient (Wildman–Crippen LogP) is 1.68. The summed E-state index contributed by atoms with van der Waals surface area (Å²) in [6.45, 7) is 2.09. The molecule has 19 heavy (non-hydrogen) atoms. The molecule has 1 rings (SSSR count). The zero-order chi connectivity index (χ0) is 14.1. The number of amides is 1. The number of nitrogens with one attached hydrogen (secondary N) is 1. The number of ether oxygens (including phenoxy) is 1. The fraction of sp³-hybridized carbons (Fsp3) is 0.429. The monoisotopic (exact) mass is 265 g/mol. The van der Waals surface area contributed by atoms with E-state index in [0.29, 0.717) is 25.1 Å². The largest absolute Gasteiger partial charge is 0.484 e. The minimum Gasteiger partial charge on any atom is -0.484 e. The molecular weight excluding hydrogens is 246 g/mol. The minimum atomic E-state index is -0.807. The maximum atomic E-state index is 11.4. The molecule has 1 aromatic rings. The second-order valence-electron chi connectivity index (χ2n) is 4.33. The molecule has 1 unspecified atom stereocenters. The van der Waals surface area contributed by atoms with Crippen LogP contribution in [0.2, 0.25) is 0 Å². The number of benzene rings is 1. The van der Waals surface area contributed by atoms with Crippen LogP contribution in [0.25, 0.3) is 0 Å².